The van der Waals surface area contributed by atoms with E-state index in [0.717, 1.165) is 25.7 Å². The molecule has 3 nitrogen and oxygen atoms in total. The third-order valence-electron chi connectivity index (χ3n) is 3.84. The van der Waals surface area contributed by atoms with E-state index in [2.05, 4.69) is 5.32 Å². The van der Waals surface area contributed by atoms with Crippen molar-refractivity contribution in [3.8, 4) is 5.75 Å². The number of rotatable bonds is 4. The number of methoxy groups -OCH3 is 1. The molecule has 1 aliphatic carbocycles. The molecule has 1 fully saturated rings. The molecule has 0 bridgehead atoms. The van der Waals surface area contributed by atoms with Crippen LogP contribution in [0.3, 0.4) is 0 Å². The topological polar surface area (TPSA) is 38.3 Å². The van der Waals surface area contributed by atoms with Gasteiger partial charge in [-0.25, -0.2) is 4.39 Å². The number of alkyl halides is 1. The molecular formula is C15H19ClFNO2. The van der Waals surface area contributed by atoms with Crippen molar-refractivity contribution >= 4 is 17.5 Å². The first-order valence-corrected chi connectivity index (χ1v) is 7.39. The van der Waals surface area contributed by atoms with Crippen molar-refractivity contribution < 1.29 is 13.9 Å². The Labute approximate surface area is 123 Å². The second kappa shape index (κ2) is 6.93. The Balaban J connectivity index is 2.07. The molecule has 1 aliphatic rings. The molecule has 0 aliphatic heterocycles. The largest absolute Gasteiger partial charge is 0.497 e. The second-order valence-electron chi connectivity index (χ2n) is 5.12. The van der Waals surface area contributed by atoms with Crippen LogP contribution in [0, 0.1) is 11.7 Å². The van der Waals surface area contributed by atoms with Crippen LogP contribution in [0.2, 0.25) is 0 Å². The van der Waals surface area contributed by atoms with Crippen molar-refractivity contribution in [2.45, 2.75) is 31.7 Å². The van der Waals surface area contributed by atoms with E-state index in [4.69, 9.17) is 16.3 Å². The van der Waals surface area contributed by atoms with Crippen molar-refractivity contribution in [2.75, 3.05) is 13.0 Å². The van der Waals surface area contributed by atoms with Gasteiger partial charge in [0.15, 0.2) is 0 Å². The lowest BCUT2D eigenvalue weighted by atomic mass is 9.85. The van der Waals surface area contributed by atoms with Crippen LogP contribution in [0.1, 0.15) is 36.0 Å². The van der Waals surface area contributed by atoms with Gasteiger partial charge < -0.3 is 10.1 Å². The van der Waals surface area contributed by atoms with Crippen molar-refractivity contribution in [3.05, 3.63) is 29.6 Å². The standard InChI is InChI=1S/C15H19ClFNO2/c1-20-11-6-7-12(13(17)8-11)15(19)18-14-5-3-2-4-10(14)9-16/h6-8,10,14H,2-5,9H2,1H3,(H,18,19). The average Bonchev–Trinajstić information content (AvgIpc) is 2.47. The summed E-state index contributed by atoms with van der Waals surface area (Å²) in [6.07, 6.45) is 4.13. The van der Waals surface area contributed by atoms with E-state index >= 15 is 0 Å². The highest BCUT2D eigenvalue weighted by Gasteiger charge is 2.26. The average molecular weight is 300 g/mol. The van der Waals surface area contributed by atoms with E-state index in [-0.39, 0.29) is 23.4 Å². The van der Waals surface area contributed by atoms with Gasteiger partial charge in [0, 0.05) is 18.0 Å². The summed E-state index contributed by atoms with van der Waals surface area (Å²) in [6, 6.07) is 4.28. The van der Waals surface area contributed by atoms with Gasteiger partial charge in [-0.05, 0) is 30.9 Å². The highest BCUT2D eigenvalue weighted by molar-refractivity contribution is 6.18. The lowest BCUT2D eigenvalue weighted by Gasteiger charge is -2.30. The second-order valence-corrected chi connectivity index (χ2v) is 5.43. The molecule has 1 amide bonds. The van der Waals surface area contributed by atoms with Crippen LogP contribution < -0.4 is 10.1 Å². The molecule has 2 rings (SSSR count). The van der Waals surface area contributed by atoms with Gasteiger partial charge in [-0.3, -0.25) is 4.79 Å². The van der Waals surface area contributed by atoms with Crippen molar-refractivity contribution in [1.82, 2.24) is 5.32 Å². The molecule has 1 N–H and O–H groups in total. The molecule has 0 heterocycles. The molecule has 0 aromatic heterocycles. The Morgan fingerprint density at radius 1 is 1.45 bits per heavy atom. The Morgan fingerprint density at radius 2 is 2.20 bits per heavy atom. The van der Waals surface area contributed by atoms with Crippen molar-refractivity contribution in [1.29, 1.82) is 0 Å². The molecule has 5 heteroatoms. The fourth-order valence-corrected chi connectivity index (χ4v) is 3.00. The zero-order valence-electron chi connectivity index (χ0n) is 11.5. The van der Waals surface area contributed by atoms with Gasteiger partial charge in [-0.15, -0.1) is 11.6 Å². The van der Waals surface area contributed by atoms with Crippen LogP contribution in [0.5, 0.6) is 5.75 Å². The summed E-state index contributed by atoms with van der Waals surface area (Å²) in [5.41, 5.74) is 0.0460. The quantitative estimate of drug-likeness (QED) is 0.866. The van der Waals surface area contributed by atoms with Gasteiger partial charge >= 0.3 is 0 Å². The molecule has 20 heavy (non-hydrogen) atoms. The summed E-state index contributed by atoms with van der Waals surface area (Å²) in [7, 11) is 1.46. The Hall–Kier alpha value is -1.29. The highest BCUT2D eigenvalue weighted by Crippen LogP contribution is 2.26. The minimum absolute atomic E-state index is 0.0373. The zero-order valence-corrected chi connectivity index (χ0v) is 12.3. The fourth-order valence-electron chi connectivity index (χ4n) is 2.64. The summed E-state index contributed by atoms with van der Waals surface area (Å²) in [5, 5.41) is 2.91. The highest BCUT2D eigenvalue weighted by atomic mass is 35.5. The molecule has 2 atom stereocenters. The first-order chi connectivity index (χ1) is 9.65. The van der Waals surface area contributed by atoms with E-state index in [0.29, 0.717) is 11.6 Å². The third kappa shape index (κ3) is 3.42. The number of hydrogen-bond acceptors (Lipinski definition) is 2. The van der Waals surface area contributed by atoms with Gasteiger partial charge in [0.2, 0.25) is 0 Å². The molecule has 1 aromatic rings. The molecule has 1 saturated carbocycles. The number of carbonyl (C=O) groups excluding carboxylic acids is 1. The van der Waals surface area contributed by atoms with Gasteiger partial charge in [-0.1, -0.05) is 12.8 Å². The maximum absolute atomic E-state index is 13.9. The first kappa shape index (κ1) is 15.1. The van der Waals surface area contributed by atoms with Crippen LogP contribution in [-0.2, 0) is 0 Å². The minimum atomic E-state index is -0.569. The third-order valence-corrected chi connectivity index (χ3v) is 4.24. The summed E-state index contributed by atoms with van der Waals surface area (Å²) in [6.45, 7) is 0. The Kier molecular flexibility index (Phi) is 5.24. The monoisotopic (exact) mass is 299 g/mol. The van der Waals surface area contributed by atoms with E-state index < -0.39 is 5.82 Å². The van der Waals surface area contributed by atoms with Crippen LogP contribution in [0.15, 0.2) is 18.2 Å². The van der Waals surface area contributed by atoms with Gasteiger partial charge in [-0.2, -0.15) is 0 Å². The lowest BCUT2D eigenvalue weighted by Crippen LogP contribution is -2.43. The summed E-state index contributed by atoms with van der Waals surface area (Å²) in [4.78, 5) is 12.2. The van der Waals surface area contributed by atoms with E-state index in [1.165, 1.54) is 19.2 Å². The Bertz CT molecular complexity index is 481. The molecular weight excluding hydrogens is 281 g/mol. The van der Waals surface area contributed by atoms with Gasteiger partial charge in [0.25, 0.3) is 5.91 Å². The van der Waals surface area contributed by atoms with Crippen LogP contribution in [0.25, 0.3) is 0 Å². The number of carbonyl (C=O) groups is 1. The predicted octanol–water partition coefficient (Wildman–Crippen LogP) is 3.36. The molecule has 0 spiro atoms. The van der Waals surface area contributed by atoms with Crippen LogP contribution in [0.4, 0.5) is 4.39 Å². The molecule has 0 radical (unpaired) electrons. The van der Waals surface area contributed by atoms with Gasteiger partial charge in [0.05, 0.1) is 12.7 Å². The number of halogens is 2. The Morgan fingerprint density at radius 3 is 2.85 bits per heavy atom. The first-order valence-electron chi connectivity index (χ1n) is 6.86. The van der Waals surface area contributed by atoms with Crippen LogP contribution in [-0.4, -0.2) is 24.9 Å². The van der Waals surface area contributed by atoms with Crippen LogP contribution >= 0.6 is 11.6 Å². The molecule has 0 saturated heterocycles. The lowest BCUT2D eigenvalue weighted by molar-refractivity contribution is 0.0907. The molecule has 1 aromatic carbocycles. The SMILES string of the molecule is COc1ccc(C(=O)NC2CCCCC2CCl)c(F)c1. The molecule has 2 unspecified atom stereocenters. The smallest absolute Gasteiger partial charge is 0.254 e. The number of hydrogen-bond donors (Lipinski definition) is 1. The predicted molar refractivity (Wildman–Crippen MR) is 76.9 cm³/mol. The van der Waals surface area contributed by atoms with Crippen molar-refractivity contribution in [3.63, 3.8) is 0 Å². The number of nitrogens with one attached hydrogen (secondary N) is 1. The summed E-state index contributed by atoms with van der Waals surface area (Å²) < 4.78 is 18.8. The zero-order chi connectivity index (χ0) is 14.5. The normalized spacial score (nSPS) is 22.4. The maximum Gasteiger partial charge on any atom is 0.254 e. The summed E-state index contributed by atoms with van der Waals surface area (Å²) in [5.74, 6) is 0.244. The molecule has 110 valence electrons. The number of benzene rings is 1. The number of ether oxygens (including phenoxy) is 1. The minimum Gasteiger partial charge on any atom is -0.497 e. The van der Waals surface area contributed by atoms with E-state index in [1.54, 1.807) is 6.07 Å². The van der Waals surface area contributed by atoms with E-state index in [9.17, 15) is 9.18 Å². The van der Waals surface area contributed by atoms with E-state index in [1.807, 2.05) is 0 Å². The number of amides is 1. The summed E-state index contributed by atoms with van der Waals surface area (Å²) >= 11 is 5.93. The fraction of sp³-hybridized carbons (Fsp3) is 0.533. The van der Waals surface area contributed by atoms with Gasteiger partial charge in [0.1, 0.15) is 11.6 Å². The van der Waals surface area contributed by atoms with Crippen molar-refractivity contribution in [2.24, 2.45) is 5.92 Å². The maximum atomic E-state index is 13.9.